The van der Waals surface area contributed by atoms with E-state index >= 15 is 0 Å². The molecule has 0 aliphatic carbocycles. The van der Waals surface area contributed by atoms with Crippen LogP contribution < -0.4 is 5.73 Å². The second-order valence-electron chi connectivity index (χ2n) is 7.49. The van der Waals surface area contributed by atoms with Gasteiger partial charge in [0, 0.05) is 32.2 Å². The number of rotatable bonds is 7. The first-order valence-corrected chi connectivity index (χ1v) is 12.6. The Labute approximate surface area is 189 Å². The third-order valence-corrected chi connectivity index (χ3v) is 8.94. The Hall–Kier alpha value is -2.54. The number of para-hydroxylation sites is 2. The van der Waals surface area contributed by atoms with Gasteiger partial charge in [0.1, 0.15) is 4.90 Å². The molecule has 2 aromatic rings. The number of anilines is 1. The average Bonchev–Trinajstić information content (AvgIpc) is 2.72. The van der Waals surface area contributed by atoms with Gasteiger partial charge in [-0.15, -0.1) is 0 Å². The minimum absolute atomic E-state index is 0.0883. The Morgan fingerprint density at radius 3 is 1.56 bits per heavy atom. The zero-order chi connectivity index (χ0) is 24.9. The van der Waals surface area contributed by atoms with Crippen molar-refractivity contribution in [1.82, 2.24) is 8.61 Å². The Bertz CT molecular complexity index is 1150. The summed E-state index contributed by atoms with van der Waals surface area (Å²) in [4.78, 5) is 9.98. The van der Waals surface area contributed by atoms with Crippen molar-refractivity contribution in [3.05, 3.63) is 58.6 Å². The van der Waals surface area contributed by atoms with Crippen LogP contribution in [0.2, 0.25) is 0 Å². The van der Waals surface area contributed by atoms with E-state index in [1.54, 1.807) is 39.1 Å². The van der Waals surface area contributed by atoms with Crippen molar-refractivity contribution >= 4 is 31.4 Å². The van der Waals surface area contributed by atoms with Gasteiger partial charge in [-0.2, -0.15) is 8.61 Å². The molecule has 0 aliphatic heterocycles. The van der Waals surface area contributed by atoms with Gasteiger partial charge in [-0.3, -0.25) is 10.1 Å². The van der Waals surface area contributed by atoms with Gasteiger partial charge in [0.2, 0.25) is 20.0 Å². The molecule has 0 bridgehead atoms. The number of nitrogen functional groups attached to an aromatic ring is 1. The van der Waals surface area contributed by atoms with Crippen molar-refractivity contribution in [3.63, 3.8) is 0 Å². The highest BCUT2D eigenvalue weighted by atomic mass is 32.2. The molecule has 0 unspecified atom stereocenters. The number of nitro benzene ring substituents is 1. The highest BCUT2D eigenvalue weighted by molar-refractivity contribution is 7.89. The van der Waals surface area contributed by atoms with Crippen molar-refractivity contribution < 1.29 is 21.8 Å². The van der Waals surface area contributed by atoms with Gasteiger partial charge in [-0.05, 0) is 45.9 Å². The highest BCUT2D eigenvalue weighted by Gasteiger charge is 2.30. The van der Waals surface area contributed by atoms with Gasteiger partial charge in [0.15, 0.2) is 4.90 Å². The third kappa shape index (κ3) is 6.25. The summed E-state index contributed by atoms with van der Waals surface area (Å²) in [6.07, 6.45) is 0. The van der Waals surface area contributed by atoms with E-state index in [0.29, 0.717) is 0 Å². The van der Waals surface area contributed by atoms with E-state index in [-0.39, 0.29) is 27.6 Å². The van der Waals surface area contributed by atoms with Gasteiger partial charge < -0.3 is 5.73 Å². The van der Waals surface area contributed by atoms with Crippen molar-refractivity contribution in [2.75, 3.05) is 19.8 Å². The maximum absolute atomic E-state index is 12.1. The van der Waals surface area contributed by atoms with E-state index in [1.165, 1.54) is 41.7 Å². The number of benzene rings is 2. The van der Waals surface area contributed by atoms with Crippen molar-refractivity contribution in [3.8, 4) is 0 Å². The second kappa shape index (κ2) is 10.9. The Morgan fingerprint density at radius 1 is 0.781 bits per heavy atom. The molecule has 0 amide bonds. The maximum Gasteiger partial charge on any atom is 0.289 e. The molecule has 0 aromatic heterocycles. The summed E-state index contributed by atoms with van der Waals surface area (Å²) in [5.41, 5.74) is 5.52. The molecular weight excluding hydrogens is 456 g/mol. The third-order valence-electron chi connectivity index (χ3n) is 4.75. The monoisotopic (exact) mass is 486 g/mol. The first-order chi connectivity index (χ1) is 14.7. The van der Waals surface area contributed by atoms with Gasteiger partial charge >= 0.3 is 0 Å². The summed E-state index contributed by atoms with van der Waals surface area (Å²) < 4.78 is 50.7. The minimum atomic E-state index is -3.82. The normalized spacial score (nSPS) is 12.2. The number of hydrogen-bond donors (Lipinski definition) is 1. The largest absolute Gasteiger partial charge is 0.398 e. The fraction of sp³-hybridized carbons (Fsp3) is 0.400. The SMILES string of the molecule is CC(C)N(C)S(=O)(=O)c1ccccc1N.CC(C)N(C)S(=O)(=O)c1ccccc1[N+](=O)[O-]. The molecule has 32 heavy (non-hydrogen) atoms. The Kier molecular flexibility index (Phi) is 9.33. The standard InChI is InChI=1S/C10H14N2O4S.C10H16N2O2S/c1-8(2)11(3)17(15,16)10-7-5-4-6-9(10)12(13)14;1-8(2)12(3)15(13,14)10-7-5-4-6-9(10)11/h4-8H,1-3H3;4-8H,11H2,1-3H3. The smallest absolute Gasteiger partial charge is 0.289 e. The van der Waals surface area contributed by atoms with Crippen LogP contribution >= 0.6 is 0 Å². The molecule has 0 fully saturated rings. The molecule has 0 spiro atoms. The number of sulfonamides is 2. The molecular formula is C20H30N4O6S2. The fourth-order valence-corrected chi connectivity index (χ4v) is 5.41. The fourth-order valence-electron chi connectivity index (χ4n) is 2.41. The number of nitro groups is 1. The summed E-state index contributed by atoms with van der Waals surface area (Å²) in [5, 5.41) is 10.8. The Morgan fingerprint density at radius 2 is 1.16 bits per heavy atom. The number of nitrogens with zero attached hydrogens (tertiary/aromatic N) is 3. The predicted molar refractivity (Wildman–Crippen MR) is 124 cm³/mol. The molecule has 0 radical (unpaired) electrons. The molecule has 0 saturated carbocycles. The van der Waals surface area contributed by atoms with E-state index in [2.05, 4.69) is 0 Å². The molecule has 2 aromatic carbocycles. The molecule has 0 saturated heterocycles. The molecule has 12 heteroatoms. The number of nitrogens with two attached hydrogens (primary N) is 1. The summed E-state index contributed by atoms with van der Waals surface area (Å²) in [6, 6.07) is 11.5. The van der Waals surface area contributed by atoms with E-state index < -0.39 is 30.7 Å². The first kappa shape index (κ1) is 27.5. The van der Waals surface area contributed by atoms with Crippen LogP contribution in [0.5, 0.6) is 0 Å². The minimum Gasteiger partial charge on any atom is -0.398 e. The summed E-state index contributed by atoms with van der Waals surface area (Å²) in [6.45, 7) is 7.03. The molecule has 0 aliphatic rings. The lowest BCUT2D eigenvalue weighted by Crippen LogP contribution is -2.33. The summed E-state index contributed by atoms with van der Waals surface area (Å²) >= 11 is 0. The van der Waals surface area contributed by atoms with Crippen molar-refractivity contribution in [2.45, 2.75) is 49.6 Å². The zero-order valence-electron chi connectivity index (χ0n) is 19.0. The van der Waals surface area contributed by atoms with Gasteiger partial charge in [-0.1, -0.05) is 24.3 Å². The lowest BCUT2D eigenvalue weighted by Gasteiger charge is -2.21. The van der Waals surface area contributed by atoms with E-state index in [4.69, 9.17) is 5.73 Å². The zero-order valence-corrected chi connectivity index (χ0v) is 20.6. The second-order valence-corrected chi connectivity index (χ2v) is 11.4. The van der Waals surface area contributed by atoms with Crippen LogP contribution in [0.15, 0.2) is 58.3 Å². The average molecular weight is 487 g/mol. The van der Waals surface area contributed by atoms with Gasteiger partial charge in [-0.25, -0.2) is 16.8 Å². The molecule has 0 heterocycles. The summed E-state index contributed by atoms with van der Waals surface area (Å²) in [5.74, 6) is 0. The number of hydrogen-bond acceptors (Lipinski definition) is 7. The topological polar surface area (TPSA) is 144 Å². The van der Waals surface area contributed by atoms with Crippen LogP contribution in [0.4, 0.5) is 11.4 Å². The molecule has 0 atom stereocenters. The lowest BCUT2D eigenvalue weighted by atomic mass is 10.3. The van der Waals surface area contributed by atoms with Gasteiger partial charge in [0.25, 0.3) is 5.69 Å². The quantitative estimate of drug-likeness (QED) is 0.360. The van der Waals surface area contributed by atoms with E-state index in [9.17, 15) is 26.9 Å². The first-order valence-electron chi connectivity index (χ1n) is 9.69. The molecule has 2 N–H and O–H groups in total. The molecule has 178 valence electrons. The summed E-state index contributed by atoms with van der Waals surface area (Å²) in [7, 11) is -4.34. The van der Waals surface area contributed by atoms with E-state index in [0.717, 1.165) is 4.31 Å². The van der Waals surface area contributed by atoms with Crippen LogP contribution in [0.25, 0.3) is 0 Å². The highest BCUT2D eigenvalue weighted by Crippen LogP contribution is 2.26. The van der Waals surface area contributed by atoms with E-state index in [1.807, 2.05) is 13.8 Å². The van der Waals surface area contributed by atoms with Crippen molar-refractivity contribution in [2.24, 2.45) is 0 Å². The van der Waals surface area contributed by atoms with Gasteiger partial charge in [0.05, 0.1) is 10.6 Å². The molecule has 2 rings (SSSR count). The predicted octanol–water partition coefficient (Wildman–Crippen LogP) is 2.92. The van der Waals surface area contributed by atoms with Crippen LogP contribution in [-0.2, 0) is 20.0 Å². The lowest BCUT2D eigenvalue weighted by molar-refractivity contribution is -0.387. The Balaban J connectivity index is 0.000000323. The van der Waals surface area contributed by atoms with Crippen LogP contribution in [-0.4, -0.2) is 56.5 Å². The van der Waals surface area contributed by atoms with Crippen LogP contribution in [0.3, 0.4) is 0 Å². The van der Waals surface area contributed by atoms with Crippen LogP contribution in [0.1, 0.15) is 27.7 Å². The van der Waals surface area contributed by atoms with Crippen LogP contribution in [0, 0.1) is 10.1 Å². The molecule has 10 nitrogen and oxygen atoms in total. The maximum atomic E-state index is 12.1. The van der Waals surface area contributed by atoms with Crippen molar-refractivity contribution in [1.29, 1.82) is 0 Å².